The average Bonchev–Trinajstić information content (AvgIpc) is 2.44. The molecule has 0 aromatic heterocycles. The Bertz CT molecular complexity index is 483. The van der Waals surface area contributed by atoms with Crippen LogP contribution in [-0.4, -0.2) is 18.5 Å². The Balaban J connectivity index is 2.14. The predicted molar refractivity (Wildman–Crippen MR) is 86.0 cm³/mol. The summed E-state index contributed by atoms with van der Waals surface area (Å²) in [5.41, 5.74) is 0.758. The summed E-state index contributed by atoms with van der Waals surface area (Å²) in [5.74, 6) is -0.463. The Morgan fingerprint density at radius 2 is 1.45 bits per heavy atom. The predicted octanol–water partition coefficient (Wildman–Crippen LogP) is 4.55. The van der Waals surface area contributed by atoms with Gasteiger partial charge in [-0.2, -0.15) is 0 Å². The molecule has 0 spiro atoms. The van der Waals surface area contributed by atoms with Gasteiger partial charge in [0.25, 0.3) is 0 Å². The van der Waals surface area contributed by atoms with Crippen molar-refractivity contribution in [2.45, 2.75) is 45.6 Å². The number of halogens is 2. The number of hydrogen-bond acceptors (Lipinski definition) is 4. The van der Waals surface area contributed by atoms with E-state index >= 15 is 0 Å². The van der Waals surface area contributed by atoms with Crippen molar-refractivity contribution >= 4 is 35.1 Å². The molecule has 0 aliphatic rings. The SMILES string of the molecule is CCOC(=O)CCCCCC(=O)OCc1cc(Cl)cc(Cl)c1. The van der Waals surface area contributed by atoms with E-state index in [0.717, 1.165) is 18.4 Å². The molecule has 0 bridgehead atoms. The summed E-state index contributed by atoms with van der Waals surface area (Å²) < 4.78 is 9.98. The molecule has 0 unspecified atom stereocenters. The Morgan fingerprint density at radius 3 is 2.00 bits per heavy atom. The second kappa shape index (κ2) is 10.5. The lowest BCUT2D eigenvalue weighted by Crippen LogP contribution is -2.05. The van der Waals surface area contributed by atoms with Crippen molar-refractivity contribution < 1.29 is 19.1 Å². The van der Waals surface area contributed by atoms with Gasteiger partial charge in [0.2, 0.25) is 0 Å². The third-order valence-corrected chi connectivity index (χ3v) is 3.33. The molecule has 0 N–H and O–H groups in total. The molecule has 0 atom stereocenters. The van der Waals surface area contributed by atoms with Crippen molar-refractivity contribution in [1.82, 2.24) is 0 Å². The van der Waals surface area contributed by atoms with Crippen molar-refractivity contribution in [2.75, 3.05) is 6.61 Å². The largest absolute Gasteiger partial charge is 0.466 e. The summed E-state index contributed by atoms with van der Waals surface area (Å²) in [6, 6.07) is 5.04. The van der Waals surface area contributed by atoms with E-state index in [1.165, 1.54) is 0 Å². The summed E-state index contributed by atoms with van der Waals surface area (Å²) in [4.78, 5) is 22.7. The van der Waals surface area contributed by atoms with E-state index in [9.17, 15) is 9.59 Å². The Kier molecular flexibility index (Phi) is 8.94. The molecule has 22 heavy (non-hydrogen) atoms. The molecule has 0 heterocycles. The number of unbranched alkanes of at least 4 members (excludes halogenated alkanes) is 2. The highest BCUT2D eigenvalue weighted by atomic mass is 35.5. The number of carbonyl (C=O) groups excluding carboxylic acids is 2. The Morgan fingerprint density at radius 1 is 0.909 bits per heavy atom. The van der Waals surface area contributed by atoms with Crippen LogP contribution in [0.3, 0.4) is 0 Å². The zero-order valence-electron chi connectivity index (χ0n) is 12.6. The third kappa shape index (κ3) is 8.25. The number of ether oxygens (including phenoxy) is 2. The monoisotopic (exact) mass is 346 g/mol. The maximum atomic E-state index is 11.6. The third-order valence-electron chi connectivity index (χ3n) is 2.89. The highest BCUT2D eigenvalue weighted by molar-refractivity contribution is 6.34. The Labute approximate surface area is 140 Å². The van der Waals surface area contributed by atoms with Crippen LogP contribution in [0.5, 0.6) is 0 Å². The molecule has 1 aromatic rings. The second-order valence-electron chi connectivity index (χ2n) is 4.80. The van der Waals surface area contributed by atoms with Crippen LogP contribution < -0.4 is 0 Å². The van der Waals surface area contributed by atoms with Crippen LogP contribution in [0, 0.1) is 0 Å². The van der Waals surface area contributed by atoms with Crippen LogP contribution >= 0.6 is 23.2 Å². The van der Waals surface area contributed by atoms with Gasteiger partial charge in [0, 0.05) is 22.9 Å². The van der Waals surface area contributed by atoms with E-state index in [-0.39, 0.29) is 18.5 Å². The fourth-order valence-electron chi connectivity index (χ4n) is 1.88. The number of rotatable bonds is 9. The molecule has 0 fully saturated rings. The van der Waals surface area contributed by atoms with Gasteiger partial charge >= 0.3 is 11.9 Å². The van der Waals surface area contributed by atoms with Crippen LogP contribution in [0.25, 0.3) is 0 Å². The van der Waals surface area contributed by atoms with Crippen molar-refractivity contribution in [3.05, 3.63) is 33.8 Å². The van der Waals surface area contributed by atoms with Crippen LogP contribution in [0.2, 0.25) is 10.0 Å². The summed E-state index contributed by atoms with van der Waals surface area (Å²) in [6.45, 7) is 2.33. The fraction of sp³-hybridized carbons (Fsp3) is 0.500. The summed E-state index contributed by atoms with van der Waals surface area (Å²) in [6.07, 6.45) is 2.92. The number of hydrogen-bond donors (Lipinski definition) is 0. The minimum Gasteiger partial charge on any atom is -0.466 e. The molecule has 0 aliphatic heterocycles. The topological polar surface area (TPSA) is 52.6 Å². The van der Waals surface area contributed by atoms with Crippen LogP contribution in [0.1, 0.15) is 44.6 Å². The van der Waals surface area contributed by atoms with E-state index < -0.39 is 0 Å². The molecule has 1 rings (SSSR count). The summed E-state index contributed by atoms with van der Waals surface area (Å²) >= 11 is 11.7. The van der Waals surface area contributed by atoms with Crippen molar-refractivity contribution in [3.63, 3.8) is 0 Å². The fourth-order valence-corrected chi connectivity index (χ4v) is 2.45. The van der Waals surface area contributed by atoms with Gasteiger partial charge in [-0.1, -0.05) is 29.6 Å². The molecular weight excluding hydrogens is 327 g/mol. The van der Waals surface area contributed by atoms with E-state index in [0.29, 0.717) is 35.9 Å². The van der Waals surface area contributed by atoms with Crippen molar-refractivity contribution in [1.29, 1.82) is 0 Å². The highest BCUT2D eigenvalue weighted by Crippen LogP contribution is 2.19. The van der Waals surface area contributed by atoms with Crippen LogP contribution in [-0.2, 0) is 25.7 Å². The minimum absolute atomic E-state index is 0.155. The van der Waals surface area contributed by atoms with Crippen LogP contribution in [0.4, 0.5) is 0 Å². The second-order valence-corrected chi connectivity index (χ2v) is 5.68. The van der Waals surface area contributed by atoms with E-state index in [2.05, 4.69) is 0 Å². The lowest BCUT2D eigenvalue weighted by Gasteiger charge is -2.06. The molecule has 0 saturated carbocycles. The van der Waals surface area contributed by atoms with Crippen LogP contribution in [0.15, 0.2) is 18.2 Å². The lowest BCUT2D eigenvalue weighted by molar-refractivity contribution is -0.145. The van der Waals surface area contributed by atoms with Gasteiger partial charge in [-0.25, -0.2) is 0 Å². The van der Waals surface area contributed by atoms with Crippen molar-refractivity contribution in [3.8, 4) is 0 Å². The Hall–Kier alpha value is -1.26. The van der Waals surface area contributed by atoms with Gasteiger partial charge < -0.3 is 9.47 Å². The van der Waals surface area contributed by atoms with Gasteiger partial charge in [0.05, 0.1) is 6.61 Å². The lowest BCUT2D eigenvalue weighted by atomic mass is 10.1. The smallest absolute Gasteiger partial charge is 0.306 e. The molecule has 0 saturated heterocycles. The van der Waals surface area contributed by atoms with Gasteiger partial charge in [0.1, 0.15) is 6.61 Å². The zero-order chi connectivity index (χ0) is 16.4. The normalized spacial score (nSPS) is 10.3. The molecular formula is C16H20Cl2O4. The molecule has 122 valence electrons. The number of esters is 2. The first-order valence-electron chi connectivity index (χ1n) is 7.27. The summed E-state index contributed by atoms with van der Waals surface area (Å²) in [7, 11) is 0. The zero-order valence-corrected chi connectivity index (χ0v) is 14.1. The summed E-state index contributed by atoms with van der Waals surface area (Å²) in [5, 5.41) is 1.02. The minimum atomic E-state index is -0.271. The molecule has 0 aliphatic carbocycles. The number of benzene rings is 1. The van der Waals surface area contributed by atoms with Crippen molar-refractivity contribution in [2.24, 2.45) is 0 Å². The van der Waals surface area contributed by atoms with Gasteiger partial charge in [-0.3, -0.25) is 9.59 Å². The van der Waals surface area contributed by atoms with Gasteiger partial charge in [-0.15, -0.1) is 0 Å². The van der Waals surface area contributed by atoms with E-state index in [1.54, 1.807) is 25.1 Å². The molecule has 4 nitrogen and oxygen atoms in total. The molecule has 1 aromatic carbocycles. The highest BCUT2D eigenvalue weighted by Gasteiger charge is 2.06. The quantitative estimate of drug-likeness (QED) is 0.486. The maximum Gasteiger partial charge on any atom is 0.306 e. The van der Waals surface area contributed by atoms with E-state index in [1.807, 2.05) is 0 Å². The van der Waals surface area contributed by atoms with Gasteiger partial charge in [0.15, 0.2) is 0 Å². The standard InChI is InChI=1S/C16H20Cl2O4/c1-2-21-15(19)6-4-3-5-7-16(20)22-11-12-8-13(17)10-14(18)9-12/h8-10H,2-7,11H2,1H3. The first-order valence-corrected chi connectivity index (χ1v) is 8.03. The molecule has 6 heteroatoms. The number of carbonyl (C=O) groups is 2. The first-order chi connectivity index (χ1) is 10.5. The molecule has 0 radical (unpaired) electrons. The molecule has 0 amide bonds. The van der Waals surface area contributed by atoms with Gasteiger partial charge in [-0.05, 0) is 43.5 Å². The first kappa shape index (κ1) is 18.8. The maximum absolute atomic E-state index is 11.6. The van der Waals surface area contributed by atoms with E-state index in [4.69, 9.17) is 32.7 Å². The average molecular weight is 347 g/mol.